The number of carboxylic acid groups (broad SMARTS) is 1. The second-order valence-electron chi connectivity index (χ2n) is 4.08. The lowest BCUT2D eigenvalue weighted by Crippen LogP contribution is -2.43. The molecule has 1 rings (SSSR count). The van der Waals surface area contributed by atoms with Crippen LogP contribution in [0, 0.1) is 0 Å². The van der Waals surface area contributed by atoms with Gasteiger partial charge in [-0.3, -0.25) is 0 Å². The number of carbonyl (C=O) groups excluding carboxylic acids is 1. The van der Waals surface area contributed by atoms with Gasteiger partial charge in [0.15, 0.2) is 0 Å². The van der Waals surface area contributed by atoms with E-state index in [1.54, 1.807) is 0 Å². The molecule has 1 saturated heterocycles. The first-order valence-electron chi connectivity index (χ1n) is 5.99. The predicted octanol–water partition coefficient (Wildman–Crippen LogP) is 0.672. The summed E-state index contributed by atoms with van der Waals surface area (Å²) < 4.78 is 4.83. The number of carbonyl (C=O) groups is 2. The molecule has 0 aliphatic carbocycles. The molecule has 6 nitrogen and oxygen atoms in total. The number of hydrogen-bond donors (Lipinski definition) is 2. The summed E-state index contributed by atoms with van der Waals surface area (Å²) in [7, 11) is 0. The Morgan fingerprint density at radius 2 is 2.29 bits per heavy atom. The fourth-order valence-corrected chi connectivity index (χ4v) is 2.02. The number of aliphatic carboxylic acids is 1. The maximum atomic E-state index is 11.8. The van der Waals surface area contributed by atoms with Gasteiger partial charge in [0.1, 0.15) is 6.61 Å². The van der Waals surface area contributed by atoms with E-state index in [9.17, 15) is 9.59 Å². The van der Waals surface area contributed by atoms with E-state index in [2.05, 4.69) is 12.2 Å². The van der Waals surface area contributed by atoms with E-state index in [1.165, 1.54) is 0 Å². The van der Waals surface area contributed by atoms with Crippen molar-refractivity contribution in [1.82, 2.24) is 10.2 Å². The van der Waals surface area contributed by atoms with E-state index >= 15 is 0 Å². The monoisotopic (exact) mass is 244 g/mol. The average Bonchev–Trinajstić information content (AvgIpc) is 2.75. The zero-order valence-corrected chi connectivity index (χ0v) is 10.1. The average molecular weight is 244 g/mol. The molecule has 1 aliphatic rings. The molecule has 6 heteroatoms. The van der Waals surface area contributed by atoms with Crippen LogP contribution in [-0.2, 0) is 9.53 Å². The van der Waals surface area contributed by atoms with Gasteiger partial charge in [-0.25, -0.2) is 9.59 Å². The van der Waals surface area contributed by atoms with E-state index in [0.717, 1.165) is 25.8 Å². The molecular formula is C11H20N2O4. The van der Waals surface area contributed by atoms with Gasteiger partial charge in [-0.15, -0.1) is 0 Å². The van der Waals surface area contributed by atoms with Crippen molar-refractivity contribution in [2.24, 2.45) is 0 Å². The van der Waals surface area contributed by atoms with Gasteiger partial charge >= 0.3 is 12.0 Å². The molecule has 0 aromatic rings. The van der Waals surface area contributed by atoms with Crippen molar-refractivity contribution in [2.45, 2.75) is 32.2 Å². The molecule has 98 valence electrons. The van der Waals surface area contributed by atoms with E-state index < -0.39 is 5.97 Å². The summed E-state index contributed by atoms with van der Waals surface area (Å²) in [6.45, 7) is 3.13. The lowest BCUT2D eigenvalue weighted by Gasteiger charge is -2.23. The maximum absolute atomic E-state index is 11.8. The van der Waals surface area contributed by atoms with Gasteiger partial charge in [-0.2, -0.15) is 0 Å². The van der Waals surface area contributed by atoms with Crippen molar-refractivity contribution in [3.63, 3.8) is 0 Å². The number of likely N-dealkylation sites (tertiary alicyclic amines) is 1. The summed E-state index contributed by atoms with van der Waals surface area (Å²) in [5, 5.41) is 11.1. The van der Waals surface area contributed by atoms with E-state index in [0.29, 0.717) is 12.6 Å². The van der Waals surface area contributed by atoms with Crippen molar-refractivity contribution >= 4 is 12.0 Å². The highest BCUT2D eigenvalue weighted by Crippen LogP contribution is 2.19. The first-order valence-corrected chi connectivity index (χ1v) is 5.99. The second-order valence-corrected chi connectivity index (χ2v) is 4.08. The molecule has 0 spiro atoms. The Kier molecular flexibility index (Phi) is 5.76. The highest BCUT2D eigenvalue weighted by Gasteiger charge is 2.26. The first kappa shape index (κ1) is 13.8. The minimum absolute atomic E-state index is 0.0757. The number of rotatable bonds is 6. The lowest BCUT2D eigenvalue weighted by molar-refractivity contribution is -0.142. The summed E-state index contributed by atoms with van der Waals surface area (Å²) in [5.74, 6) is -0.998. The highest BCUT2D eigenvalue weighted by molar-refractivity contribution is 5.74. The van der Waals surface area contributed by atoms with Gasteiger partial charge in [-0.05, 0) is 19.3 Å². The summed E-state index contributed by atoms with van der Waals surface area (Å²) in [5.41, 5.74) is 0. The van der Waals surface area contributed by atoms with Crippen LogP contribution in [-0.4, -0.2) is 54.4 Å². The maximum Gasteiger partial charge on any atom is 0.329 e. The first-order chi connectivity index (χ1) is 8.15. The van der Waals surface area contributed by atoms with Crippen molar-refractivity contribution < 1.29 is 19.4 Å². The summed E-state index contributed by atoms with van der Waals surface area (Å²) in [6.07, 6.45) is 3.10. The Morgan fingerprint density at radius 1 is 1.53 bits per heavy atom. The molecule has 1 fully saturated rings. The number of nitrogens with one attached hydrogen (secondary N) is 1. The molecule has 0 saturated carbocycles. The van der Waals surface area contributed by atoms with Crippen LogP contribution in [0.3, 0.4) is 0 Å². The van der Waals surface area contributed by atoms with Crippen LogP contribution in [0.4, 0.5) is 4.79 Å². The Balaban J connectivity index is 2.14. The zero-order valence-electron chi connectivity index (χ0n) is 10.1. The van der Waals surface area contributed by atoms with Gasteiger partial charge in [0.25, 0.3) is 0 Å². The predicted molar refractivity (Wildman–Crippen MR) is 61.9 cm³/mol. The van der Waals surface area contributed by atoms with Crippen LogP contribution >= 0.6 is 0 Å². The molecule has 1 heterocycles. The SMILES string of the molecule is CCC1CCCN1C(=O)NCCOCC(=O)O. The Labute approximate surface area is 101 Å². The van der Waals surface area contributed by atoms with E-state index in [4.69, 9.17) is 9.84 Å². The fraction of sp³-hybridized carbons (Fsp3) is 0.818. The van der Waals surface area contributed by atoms with Crippen LogP contribution in [0.1, 0.15) is 26.2 Å². The standard InChI is InChI=1S/C11H20N2O4/c1-2-9-4-3-6-13(9)11(16)12-5-7-17-8-10(14)15/h9H,2-8H2,1H3,(H,12,16)(H,14,15). The topological polar surface area (TPSA) is 78.9 Å². The Morgan fingerprint density at radius 3 is 2.94 bits per heavy atom. The summed E-state index contributed by atoms with van der Waals surface area (Å²) in [6, 6.07) is 0.267. The van der Waals surface area contributed by atoms with Gasteiger partial charge in [0, 0.05) is 19.1 Å². The minimum Gasteiger partial charge on any atom is -0.480 e. The van der Waals surface area contributed by atoms with Crippen molar-refractivity contribution in [1.29, 1.82) is 0 Å². The molecule has 0 aromatic heterocycles. The second kappa shape index (κ2) is 7.11. The van der Waals surface area contributed by atoms with Crippen LogP contribution in [0.2, 0.25) is 0 Å². The number of nitrogens with zero attached hydrogens (tertiary/aromatic N) is 1. The highest BCUT2D eigenvalue weighted by atomic mass is 16.5. The molecule has 0 bridgehead atoms. The third-order valence-electron chi connectivity index (χ3n) is 2.86. The number of hydrogen-bond acceptors (Lipinski definition) is 3. The van der Waals surface area contributed by atoms with E-state index in [-0.39, 0.29) is 19.2 Å². The zero-order chi connectivity index (χ0) is 12.7. The van der Waals surface area contributed by atoms with Gasteiger partial charge in [-0.1, -0.05) is 6.92 Å². The van der Waals surface area contributed by atoms with E-state index in [1.807, 2.05) is 4.90 Å². The molecule has 2 N–H and O–H groups in total. The number of amides is 2. The number of urea groups is 1. The molecule has 1 atom stereocenters. The largest absolute Gasteiger partial charge is 0.480 e. The van der Waals surface area contributed by atoms with Crippen LogP contribution in [0.15, 0.2) is 0 Å². The van der Waals surface area contributed by atoms with Gasteiger partial charge < -0.3 is 20.1 Å². The quantitative estimate of drug-likeness (QED) is 0.673. The fourth-order valence-electron chi connectivity index (χ4n) is 2.02. The number of ether oxygens (including phenoxy) is 1. The summed E-state index contributed by atoms with van der Waals surface area (Å²) >= 11 is 0. The van der Waals surface area contributed by atoms with Gasteiger partial charge in [0.05, 0.1) is 6.61 Å². The summed E-state index contributed by atoms with van der Waals surface area (Å²) in [4.78, 5) is 23.8. The smallest absolute Gasteiger partial charge is 0.329 e. The lowest BCUT2D eigenvalue weighted by atomic mass is 10.2. The van der Waals surface area contributed by atoms with Crippen LogP contribution in [0.25, 0.3) is 0 Å². The normalized spacial score (nSPS) is 19.4. The molecule has 17 heavy (non-hydrogen) atoms. The Bertz CT molecular complexity index is 270. The minimum atomic E-state index is -0.998. The molecule has 1 aliphatic heterocycles. The molecular weight excluding hydrogens is 224 g/mol. The molecule has 2 amide bonds. The molecule has 0 aromatic carbocycles. The number of carboxylic acids is 1. The van der Waals surface area contributed by atoms with Crippen molar-refractivity contribution in [3.05, 3.63) is 0 Å². The van der Waals surface area contributed by atoms with Gasteiger partial charge in [0.2, 0.25) is 0 Å². The van der Waals surface area contributed by atoms with Crippen LogP contribution < -0.4 is 5.32 Å². The molecule has 1 unspecified atom stereocenters. The third kappa shape index (κ3) is 4.60. The van der Waals surface area contributed by atoms with Crippen LogP contribution in [0.5, 0.6) is 0 Å². The Hall–Kier alpha value is -1.30. The van der Waals surface area contributed by atoms with Crippen molar-refractivity contribution in [3.8, 4) is 0 Å². The van der Waals surface area contributed by atoms with Crippen molar-refractivity contribution in [2.75, 3.05) is 26.3 Å². The molecule has 0 radical (unpaired) electrons. The third-order valence-corrected chi connectivity index (χ3v) is 2.86.